The molecular weight excluding hydrogens is 318 g/mol. The van der Waals surface area contributed by atoms with Crippen molar-refractivity contribution in [2.24, 2.45) is 0 Å². The van der Waals surface area contributed by atoms with E-state index in [9.17, 15) is 9.90 Å². The number of aromatic nitrogens is 4. The Morgan fingerprint density at radius 1 is 1.32 bits per heavy atom. The molecule has 1 aliphatic heterocycles. The minimum Gasteiger partial charge on any atom is -0.387 e. The topological polar surface area (TPSA) is 87.0 Å². The van der Waals surface area contributed by atoms with E-state index in [1.54, 1.807) is 19.3 Å². The molecule has 7 nitrogen and oxygen atoms in total. The summed E-state index contributed by atoms with van der Waals surface area (Å²) in [5, 5.41) is 14.1. The van der Waals surface area contributed by atoms with E-state index in [1.165, 1.54) is 0 Å². The summed E-state index contributed by atoms with van der Waals surface area (Å²) in [6.45, 7) is 3.41. The molecule has 0 saturated carbocycles. The quantitative estimate of drug-likeness (QED) is 0.765. The van der Waals surface area contributed by atoms with E-state index in [0.717, 1.165) is 17.1 Å². The molecule has 3 aromatic rings. The number of rotatable bonds is 3. The number of amides is 1. The minimum absolute atomic E-state index is 0.0144. The number of fused-ring (bicyclic) bond motifs is 1. The van der Waals surface area contributed by atoms with Crippen LogP contribution in [-0.4, -0.2) is 42.2 Å². The highest BCUT2D eigenvalue weighted by Gasteiger charge is 2.24. The van der Waals surface area contributed by atoms with Gasteiger partial charge in [0.05, 0.1) is 30.6 Å². The molecule has 4 rings (SSSR count). The van der Waals surface area contributed by atoms with Crippen molar-refractivity contribution in [2.75, 3.05) is 6.54 Å². The van der Waals surface area contributed by atoms with Gasteiger partial charge in [-0.05, 0) is 25.1 Å². The van der Waals surface area contributed by atoms with Crippen LogP contribution in [0.5, 0.6) is 0 Å². The van der Waals surface area contributed by atoms with Gasteiger partial charge in [-0.3, -0.25) is 9.48 Å². The third kappa shape index (κ3) is 2.94. The summed E-state index contributed by atoms with van der Waals surface area (Å²) in [5.74, 6) is 0.729. The molecular formula is C18H19N5O2. The van der Waals surface area contributed by atoms with E-state index in [1.807, 2.05) is 39.9 Å². The summed E-state index contributed by atoms with van der Waals surface area (Å²) < 4.78 is 1.87. The molecule has 2 N–H and O–H groups in total. The number of nitrogens with zero attached hydrogens (tertiary/aromatic N) is 4. The van der Waals surface area contributed by atoms with Crippen molar-refractivity contribution in [3.05, 3.63) is 59.7 Å². The van der Waals surface area contributed by atoms with E-state index in [2.05, 4.69) is 15.1 Å². The van der Waals surface area contributed by atoms with E-state index in [-0.39, 0.29) is 5.91 Å². The molecule has 1 unspecified atom stereocenters. The van der Waals surface area contributed by atoms with Crippen molar-refractivity contribution < 1.29 is 9.90 Å². The van der Waals surface area contributed by atoms with Crippen molar-refractivity contribution >= 4 is 5.91 Å². The summed E-state index contributed by atoms with van der Waals surface area (Å²) in [5.41, 5.74) is 3.11. The zero-order valence-corrected chi connectivity index (χ0v) is 13.9. The third-order valence-corrected chi connectivity index (χ3v) is 4.41. The van der Waals surface area contributed by atoms with Gasteiger partial charge in [-0.15, -0.1) is 0 Å². The molecule has 0 radical (unpaired) electrons. The zero-order chi connectivity index (χ0) is 17.4. The van der Waals surface area contributed by atoms with Gasteiger partial charge in [0.15, 0.2) is 0 Å². The van der Waals surface area contributed by atoms with Gasteiger partial charge < -0.3 is 15.0 Å². The predicted octanol–water partition coefficient (Wildman–Crippen LogP) is 1.98. The van der Waals surface area contributed by atoms with Crippen LogP contribution in [0.1, 0.15) is 34.8 Å². The number of carbonyl (C=O) groups excluding carboxylic acids is 1. The van der Waals surface area contributed by atoms with Crippen molar-refractivity contribution in [3.63, 3.8) is 0 Å². The Morgan fingerprint density at radius 2 is 2.20 bits per heavy atom. The monoisotopic (exact) mass is 337 g/mol. The van der Waals surface area contributed by atoms with Gasteiger partial charge in [-0.2, -0.15) is 5.10 Å². The Balaban J connectivity index is 1.56. The second kappa shape index (κ2) is 6.18. The molecule has 2 aromatic heterocycles. The van der Waals surface area contributed by atoms with Crippen LogP contribution in [0.4, 0.5) is 0 Å². The SMILES string of the molecule is CC(O)c1cc2n(n1)CCN(C(=O)c1cccc(-c3ncc[nH]3)c1)C2. The van der Waals surface area contributed by atoms with Crippen LogP contribution < -0.4 is 0 Å². The summed E-state index contributed by atoms with van der Waals surface area (Å²) in [6.07, 6.45) is 2.84. The van der Waals surface area contributed by atoms with E-state index >= 15 is 0 Å². The average molecular weight is 337 g/mol. The van der Waals surface area contributed by atoms with Crippen LogP contribution in [0.15, 0.2) is 42.7 Å². The number of nitrogens with one attached hydrogen (secondary N) is 1. The second-order valence-electron chi connectivity index (χ2n) is 6.20. The lowest BCUT2D eigenvalue weighted by molar-refractivity contribution is 0.0705. The van der Waals surface area contributed by atoms with Crippen LogP contribution in [0, 0.1) is 0 Å². The van der Waals surface area contributed by atoms with E-state index in [4.69, 9.17) is 0 Å². The number of aliphatic hydroxyl groups is 1. The maximum absolute atomic E-state index is 12.9. The molecule has 0 saturated heterocycles. The highest BCUT2D eigenvalue weighted by molar-refractivity contribution is 5.95. The molecule has 1 aliphatic rings. The normalized spacial score (nSPS) is 15.0. The first kappa shape index (κ1) is 15.6. The molecule has 1 atom stereocenters. The molecule has 0 spiro atoms. The maximum Gasteiger partial charge on any atom is 0.254 e. The highest BCUT2D eigenvalue weighted by Crippen LogP contribution is 2.21. The fraction of sp³-hybridized carbons (Fsp3) is 0.278. The Labute approximate surface area is 144 Å². The fourth-order valence-electron chi connectivity index (χ4n) is 3.07. The van der Waals surface area contributed by atoms with Gasteiger partial charge in [0.2, 0.25) is 0 Å². The Bertz CT molecular complexity index is 898. The Morgan fingerprint density at radius 3 is 2.96 bits per heavy atom. The van der Waals surface area contributed by atoms with Crippen LogP contribution in [0.3, 0.4) is 0 Å². The Kier molecular flexibility index (Phi) is 3.85. The second-order valence-corrected chi connectivity index (χ2v) is 6.20. The number of aliphatic hydroxyl groups excluding tert-OH is 1. The lowest BCUT2D eigenvalue weighted by Gasteiger charge is -2.27. The van der Waals surface area contributed by atoms with E-state index < -0.39 is 6.10 Å². The number of H-pyrrole nitrogens is 1. The van der Waals surface area contributed by atoms with Crippen molar-refractivity contribution in [1.82, 2.24) is 24.6 Å². The standard InChI is InChI=1S/C18H19N5O2/c1-12(24)16-10-15-11-22(7-8-23(15)21-16)18(25)14-4-2-3-13(9-14)17-19-5-6-20-17/h2-6,9-10,12,24H,7-8,11H2,1H3,(H,19,20). The molecule has 0 aliphatic carbocycles. The minimum atomic E-state index is -0.604. The molecule has 3 heterocycles. The smallest absolute Gasteiger partial charge is 0.254 e. The van der Waals surface area contributed by atoms with Gasteiger partial charge in [0, 0.05) is 30.1 Å². The van der Waals surface area contributed by atoms with Crippen LogP contribution in [-0.2, 0) is 13.1 Å². The first-order valence-corrected chi connectivity index (χ1v) is 8.25. The van der Waals surface area contributed by atoms with Crippen LogP contribution >= 0.6 is 0 Å². The molecule has 0 fully saturated rings. The van der Waals surface area contributed by atoms with Gasteiger partial charge in [-0.1, -0.05) is 12.1 Å². The van der Waals surface area contributed by atoms with Crippen molar-refractivity contribution in [2.45, 2.75) is 26.1 Å². The lowest BCUT2D eigenvalue weighted by atomic mass is 10.1. The number of aromatic amines is 1. The van der Waals surface area contributed by atoms with Gasteiger partial charge >= 0.3 is 0 Å². The molecule has 1 amide bonds. The predicted molar refractivity (Wildman–Crippen MR) is 91.6 cm³/mol. The number of hydrogen-bond donors (Lipinski definition) is 2. The zero-order valence-electron chi connectivity index (χ0n) is 13.9. The number of imidazole rings is 1. The summed E-state index contributed by atoms with van der Waals surface area (Å²) in [6, 6.07) is 9.33. The highest BCUT2D eigenvalue weighted by atomic mass is 16.3. The van der Waals surface area contributed by atoms with Gasteiger partial charge in [0.1, 0.15) is 5.82 Å². The van der Waals surface area contributed by atoms with Crippen LogP contribution in [0.2, 0.25) is 0 Å². The summed E-state index contributed by atoms with van der Waals surface area (Å²) in [4.78, 5) is 22.0. The van der Waals surface area contributed by atoms with Crippen molar-refractivity contribution in [1.29, 1.82) is 0 Å². The summed E-state index contributed by atoms with van der Waals surface area (Å²) in [7, 11) is 0. The number of carbonyl (C=O) groups is 1. The molecule has 128 valence electrons. The average Bonchev–Trinajstić information content (AvgIpc) is 3.30. The number of benzene rings is 1. The third-order valence-electron chi connectivity index (χ3n) is 4.41. The summed E-state index contributed by atoms with van der Waals surface area (Å²) >= 11 is 0. The first-order valence-electron chi connectivity index (χ1n) is 8.25. The lowest BCUT2D eigenvalue weighted by Crippen LogP contribution is -2.38. The largest absolute Gasteiger partial charge is 0.387 e. The maximum atomic E-state index is 12.9. The van der Waals surface area contributed by atoms with Gasteiger partial charge in [0.25, 0.3) is 5.91 Å². The fourth-order valence-corrected chi connectivity index (χ4v) is 3.07. The number of hydrogen-bond acceptors (Lipinski definition) is 4. The molecule has 7 heteroatoms. The van der Waals surface area contributed by atoms with E-state index in [0.29, 0.717) is 30.9 Å². The van der Waals surface area contributed by atoms with Crippen molar-refractivity contribution in [3.8, 4) is 11.4 Å². The molecule has 1 aromatic carbocycles. The first-order chi connectivity index (χ1) is 12.1. The Hall–Kier alpha value is -2.93. The van der Waals surface area contributed by atoms with Gasteiger partial charge in [-0.25, -0.2) is 4.98 Å². The van der Waals surface area contributed by atoms with Crippen LogP contribution in [0.25, 0.3) is 11.4 Å². The molecule has 25 heavy (non-hydrogen) atoms. The molecule has 0 bridgehead atoms.